The quantitative estimate of drug-likeness (QED) is 0.669. The molecule has 0 bridgehead atoms. The van der Waals surface area contributed by atoms with Crippen LogP contribution in [0.4, 0.5) is 5.82 Å². The van der Waals surface area contributed by atoms with E-state index in [1.165, 1.54) is 6.42 Å². The Kier molecular flexibility index (Phi) is 5.40. The molecule has 1 N–H and O–H groups in total. The average Bonchev–Trinajstić information content (AvgIpc) is 3.16. The summed E-state index contributed by atoms with van der Waals surface area (Å²) in [5.41, 5.74) is 2.33. The van der Waals surface area contributed by atoms with E-state index >= 15 is 0 Å². The molecule has 0 amide bonds. The van der Waals surface area contributed by atoms with Crippen LogP contribution in [0.15, 0.2) is 16.9 Å². The molecule has 0 radical (unpaired) electrons. The summed E-state index contributed by atoms with van der Waals surface area (Å²) in [6, 6.07) is 4.00. The van der Waals surface area contributed by atoms with Crippen LogP contribution in [0, 0.1) is 6.92 Å². The number of pyridine rings is 1. The molecule has 0 aromatic carbocycles. The van der Waals surface area contributed by atoms with Crippen molar-refractivity contribution >= 4 is 22.6 Å². The Labute approximate surface area is 185 Å². The lowest BCUT2D eigenvalue weighted by Gasteiger charge is -2.27. The van der Waals surface area contributed by atoms with Crippen LogP contribution >= 0.6 is 0 Å². The number of carbonyl (C=O) groups excluding carboxylic acids is 1. The van der Waals surface area contributed by atoms with E-state index < -0.39 is 0 Å². The lowest BCUT2D eigenvalue weighted by atomic mass is 9.95. The van der Waals surface area contributed by atoms with Gasteiger partial charge in [-0.2, -0.15) is 10.1 Å². The number of hydrogen-bond donors (Lipinski definition) is 1. The second kappa shape index (κ2) is 8.37. The third-order valence-electron chi connectivity index (χ3n) is 6.58. The lowest BCUT2D eigenvalue weighted by molar-refractivity contribution is -0.119. The first-order valence-corrected chi connectivity index (χ1v) is 11.4. The predicted molar refractivity (Wildman–Crippen MR) is 121 cm³/mol. The smallest absolute Gasteiger partial charge is 0.277 e. The summed E-state index contributed by atoms with van der Waals surface area (Å²) in [5.74, 6) is 1.84. The molecule has 0 atom stereocenters. The first-order valence-electron chi connectivity index (χ1n) is 11.4. The molecule has 3 aromatic rings. The van der Waals surface area contributed by atoms with E-state index in [4.69, 9.17) is 9.72 Å². The molecule has 9 heteroatoms. The molecule has 2 aliphatic rings. The zero-order chi connectivity index (χ0) is 22.2. The van der Waals surface area contributed by atoms with E-state index in [1.807, 2.05) is 23.7 Å². The maximum atomic E-state index is 13.1. The molecule has 0 unspecified atom stereocenters. The Morgan fingerprint density at radius 2 is 1.81 bits per heavy atom. The van der Waals surface area contributed by atoms with Gasteiger partial charge in [0.2, 0.25) is 5.88 Å². The van der Waals surface area contributed by atoms with Crippen molar-refractivity contribution in [2.45, 2.75) is 57.9 Å². The number of nitrogens with one attached hydrogen (secondary N) is 1. The molecule has 1 aliphatic heterocycles. The highest BCUT2D eigenvalue weighted by Gasteiger charge is 2.24. The second-order valence-corrected chi connectivity index (χ2v) is 8.69. The van der Waals surface area contributed by atoms with Gasteiger partial charge < -0.3 is 14.6 Å². The van der Waals surface area contributed by atoms with Gasteiger partial charge >= 0.3 is 0 Å². The number of ether oxygens (including phenoxy) is 1. The number of methoxy groups -OCH3 is 1. The molecule has 4 heterocycles. The largest absolute Gasteiger partial charge is 0.480 e. The number of rotatable bonds is 4. The molecule has 1 saturated carbocycles. The molecule has 3 aromatic heterocycles. The molecule has 32 heavy (non-hydrogen) atoms. The monoisotopic (exact) mass is 436 g/mol. The Balaban J connectivity index is 1.54. The van der Waals surface area contributed by atoms with Crippen molar-refractivity contribution in [2.24, 2.45) is 0 Å². The fourth-order valence-electron chi connectivity index (χ4n) is 4.84. The minimum Gasteiger partial charge on any atom is -0.480 e. The Bertz CT molecular complexity index is 1210. The molecule has 9 nitrogen and oxygen atoms in total. The summed E-state index contributed by atoms with van der Waals surface area (Å²) >= 11 is 0. The number of ketones is 1. The van der Waals surface area contributed by atoms with Crippen molar-refractivity contribution in [2.75, 3.05) is 25.1 Å². The zero-order valence-electron chi connectivity index (χ0n) is 18.6. The van der Waals surface area contributed by atoms with Crippen LogP contribution in [-0.4, -0.2) is 50.7 Å². The van der Waals surface area contributed by atoms with Crippen LogP contribution in [0.1, 0.15) is 56.7 Å². The maximum absolute atomic E-state index is 13.1. The highest BCUT2D eigenvalue weighted by atomic mass is 16.5. The highest BCUT2D eigenvalue weighted by Crippen LogP contribution is 2.32. The number of carbonyl (C=O) groups is 1. The summed E-state index contributed by atoms with van der Waals surface area (Å²) in [7, 11) is 1.55. The molecule has 1 aliphatic carbocycles. The molecular weight excluding hydrogens is 408 g/mol. The van der Waals surface area contributed by atoms with E-state index in [0.717, 1.165) is 37.2 Å². The summed E-state index contributed by atoms with van der Waals surface area (Å²) in [6.45, 7) is 3.19. The standard InChI is InChI=1S/C23H28N6O3/c1-14-19-20(29(27-14)15-6-4-3-5-7-15)22(31)26-21(25-19)17-8-9-18(24-23(17)32-2)28-12-10-16(30)11-13-28/h8-9,15H,3-7,10-13H2,1-2H3,(H,25,26,31). The van der Waals surface area contributed by atoms with Crippen molar-refractivity contribution in [1.29, 1.82) is 0 Å². The van der Waals surface area contributed by atoms with Gasteiger partial charge in [-0.25, -0.2) is 4.98 Å². The van der Waals surface area contributed by atoms with E-state index in [9.17, 15) is 9.59 Å². The van der Waals surface area contributed by atoms with Crippen LogP contribution in [0.5, 0.6) is 5.88 Å². The molecule has 0 spiro atoms. The van der Waals surface area contributed by atoms with E-state index in [2.05, 4.69) is 20.0 Å². The maximum Gasteiger partial charge on any atom is 0.277 e. The molecule has 2 fully saturated rings. The predicted octanol–water partition coefficient (Wildman–Crippen LogP) is 3.17. The number of aromatic amines is 1. The topological polar surface area (TPSA) is 106 Å². The van der Waals surface area contributed by atoms with Crippen molar-refractivity contribution in [3.8, 4) is 17.3 Å². The van der Waals surface area contributed by atoms with Gasteiger partial charge in [-0.1, -0.05) is 19.3 Å². The summed E-state index contributed by atoms with van der Waals surface area (Å²) < 4.78 is 7.43. The lowest BCUT2D eigenvalue weighted by Crippen LogP contribution is -2.34. The third-order valence-corrected chi connectivity index (χ3v) is 6.58. The second-order valence-electron chi connectivity index (χ2n) is 8.69. The average molecular weight is 437 g/mol. The highest BCUT2D eigenvalue weighted by molar-refractivity contribution is 5.81. The van der Waals surface area contributed by atoms with E-state index in [-0.39, 0.29) is 17.4 Å². The van der Waals surface area contributed by atoms with Crippen molar-refractivity contribution in [3.63, 3.8) is 0 Å². The number of nitrogens with zero attached hydrogens (tertiary/aromatic N) is 5. The first kappa shape index (κ1) is 20.7. The van der Waals surface area contributed by atoms with Gasteiger partial charge in [-0.05, 0) is 31.9 Å². The van der Waals surface area contributed by atoms with Crippen molar-refractivity contribution < 1.29 is 9.53 Å². The summed E-state index contributed by atoms with van der Waals surface area (Å²) in [6.07, 6.45) is 6.70. The number of Topliss-reactive ketones (excluding diaryl/α,β-unsaturated/α-hetero) is 1. The van der Waals surface area contributed by atoms with Crippen LogP contribution in [-0.2, 0) is 4.79 Å². The Morgan fingerprint density at radius 1 is 1.06 bits per heavy atom. The minimum absolute atomic E-state index is 0.197. The number of aryl methyl sites for hydroxylation is 1. The van der Waals surface area contributed by atoms with E-state index in [0.29, 0.717) is 54.2 Å². The van der Waals surface area contributed by atoms with Crippen LogP contribution in [0.2, 0.25) is 0 Å². The van der Waals surface area contributed by atoms with Gasteiger partial charge in [0.05, 0.1) is 24.4 Å². The van der Waals surface area contributed by atoms with Gasteiger partial charge in [0, 0.05) is 25.9 Å². The first-order chi connectivity index (χ1) is 15.5. The van der Waals surface area contributed by atoms with E-state index in [1.54, 1.807) is 7.11 Å². The fraction of sp³-hybridized carbons (Fsp3) is 0.522. The summed E-state index contributed by atoms with van der Waals surface area (Å²) in [4.78, 5) is 39.1. The number of piperidine rings is 1. The number of fused-ring (bicyclic) bond motifs is 1. The van der Waals surface area contributed by atoms with Gasteiger partial charge in [0.15, 0.2) is 5.52 Å². The third kappa shape index (κ3) is 3.65. The van der Waals surface area contributed by atoms with Crippen molar-refractivity contribution in [3.05, 3.63) is 28.2 Å². The van der Waals surface area contributed by atoms with Gasteiger partial charge in [-0.15, -0.1) is 0 Å². The normalized spacial score (nSPS) is 17.8. The molecule has 5 rings (SSSR count). The number of anilines is 1. The summed E-state index contributed by atoms with van der Waals surface area (Å²) in [5, 5.41) is 4.69. The zero-order valence-corrected chi connectivity index (χ0v) is 18.6. The van der Waals surface area contributed by atoms with Crippen LogP contribution < -0.4 is 15.2 Å². The van der Waals surface area contributed by atoms with Gasteiger partial charge in [0.1, 0.15) is 22.9 Å². The number of H-pyrrole nitrogens is 1. The minimum atomic E-state index is -0.197. The molecule has 1 saturated heterocycles. The SMILES string of the molecule is COc1nc(N2CCC(=O)CC2)ccc1-c1nc2c(C)nn(C3CCCCC3)c2c(=O)[nH]1. The Hall–Kier alpha value is -3.23. The van der Waals surface area contributed by atoms with Gasteiger partial charge in [0.25, 0.3) is 5.56 Å². The fourth-order valence-corrected chi connectivity index (χ4v) is 4.84. The van der Waals surface area contributed by atoms with Crippen molar-refractivity contribution in [1.82, 2.24) is 24.7 Å². The molecular formula is C23H28N6O3. The molecule has 168 valence electrons. The number of aromatic nitrogens is 5. The van der Waals surface area contributed by atoms with Gasteiger partial charge in [-0.3, -0.25) is 14.3 Å². The Morgan fingerprint density at radius 3 is 2.53 bits per heavy atom. The van der Waals surface area contributed by atoms with Crippen LogP contribution in [0.25, 0.3) is 22.4 Å². The number of hydrogen-bond acceptors (Lipinski definition) is 7. The van der Waals surface area contributed by atoms with Crippen LogP contribution in [0.3, 0.4) is 0 Å².